The van der Waals surface area contributed by atoms with Gasteiger partial charge in [0.1, 0.15) is 30.1 Å². The molecule has 3 unspecified atom stereocenters. The van der Waals surface area contributed by atoms with Gasteiger partial charge in [-0.1, -0.05) is 17.3 Å². The average molecular weight is 366 g/mol. The molecule has 0 amide bonds. The molecule has 2 heterocycles. The van der Waals surface area contributed by atoms with E-state index in [1.807, 2.05) is 24.3 Å². The first-order chi connectivity index (χ1) is 12.5. The number of hydrogen-bond acceptors (Lipinski definition) is 9. The van der Waals surface area contributed by atoms with Gasteiger partial charge in [-0.2, -0.15) is 0 Å². The Labute approximate surface area is 149 Å². The molecular formula is C16H22N4O6. The van der Waals surface area contributed by atoms with Gasteiger partial charge < -0.3 is 35.6 Å². The third kappa shape index (κ3) is 3.91. The summed E-state index contributed by atoms with van der Waals surface area (Å²) < 4.78 is 12.3. The van der Waals surface area contributed by atoms with Gasteiger partial charge in [-0.15, -0.1) is 5.10 Å². The molecular weight excluding hydrogens is 344 g/mol. The number of nitrogens with zero attached hydrogens (tertiary/aromatic N) is 3. The standard InChI is InChI=1S/C16H22N4O6/c17-5-9-1-3-11(4-2-9)20-6-10(18-19-20)8-25-16-15(24)14(23)13(22)12(7-21)26-16/h1-4,6,12-16,21-24H,5,7-8,17H2/t12-,13-,14?,15?,16?/m1/s1. The molecule has 1 aliphatic heterocycles. The first-order valence-corrected chi connectivity index (χ1v) is 8.16. The topological polar surface area (TPSA) is 156 Å². The van der Waals surface area contributed by atoms with Crippen LogP contribution in [0.1, 0.15) is 11.3 Å². The summed E-state index contributed by atoms with van der Waals surface area (Å²) in [6.45, 7) is -0.0980. The quantitative estimate of drug-likeness (QED) is 0.392. The van der Waals surface area contributed by atoms with Gasteiger partial charge in [-0.3, -0.25) is 0 Å². The predicted molar refractivity (Wildman–Crippen MR) is 87.8 cm³/mol. The van der Waals surface area contributed by atoms with Crippen LogP contribution < -0.4 is 5.73 Å². The predicted octanol–water partition coefficient (Wildman–Crippen LogP) is -1.96. The van der Waals surface area contributed by atoms with Crippen molar-refractivity contribution in [1.29, 1.82) is 0 Å². The van der Waals surface area contributed by atoms with Crippen LogP contribution in [0.15, 0.2) is 30.5 Å². The number of benzene rings is 1. The van der Waals surface area contributed by atoms with Gasteiger partial charge in [0.15, 0.2) is 6.29 Å². The van der Waals surface area contributed by atoms with Gasteiger partial charge in [0.05, 0.1) is 25.1 Å². The molecule has 0 bridgehead atoms. The molecule has 1 aliphatic rings. The number of aromatic nitrogens is 3. The molecule has 26 heavy (non-hydrogen) atoms. The zero-order valence-corrected chi connectivity index (χ0v) is 13.9. The van der Waals surface area contributed by atoms with Crippen molar-refractivity contribution < 1.29 is 29.9 Å². The Balaban J connectivity index is 1.62. The van der Waals surface area contributed by atoms with Gasteiger partial charge in [0.25, 0.3) is 0 Å². The monoisotopic (exact) mass is 366 g/mol. The maximum atomic E-state index is 9.94. The number of ether oxygens (including phenoxy) is 2. The molecule has 0 spiro atoms. The van der Waals surface area contributed by atoms with Crippen LogP contribution in [-0.4, -0.2) is 72.7 Å². The Hall–Kier alpha value is -1.92. The number of aliphatic hydroxyl groups is 4. The lowest BCUT2D eigenvalue weighted by atomic mass is 9.99. The van der Waals surface area contributed by atoms with E-state index >= 15 is 0 Å². The van der Waals surface area contributed by atoms with Crippen LogP contribution in [-0.2, 0) is 22.6 Å². The summed E-state index contributed by atoms with van der Waals surface area (Å²) in [5.74, 6) is 0. The highest BCUT2D eigenvalue weighted by Gasteiger charge is 2.44. The molecule has 1 fully saturated rings. The molecule has 3 rings (SSSR count). The maximum Gasteiger partial charge on any atom is 0.187 e. The van der Waals surface area contributed by atoms with Gasteiger partial charge in [0, 0.05) is 6.54 Å². The van der Waals surface area contributed by atoms with Crippen molar-refractivity contribution >= 4 is 0 Å². The van der Waals surface area contributed by atoms with Crippen LogP contribution in [0.3, 0.4) is 0 Å². The smallest absolute Gasteiger partial charge is 0.187 e. The molecule has 10 heteroatoms. The Kier molecular flexibility index (Phi) is 5.94. The van der Waals surface area contributed by atoms with Crippen molar-refractivity contribution in [3.63, 3.8) is 0 Å². The van der Waals surface area contributed by atoms with E-state index in [0.29, 0.717) is 12.2 Å². The van der Waals surface area contributed by atoms with Crippen molar-refractivity contribution in [2.75, 3.05) is 6.61 Å². The summed E-state index contributed by atoms with van der Waals surface area (Å²) in [6, 6.07) is 7.50. The minimum atomic E-state index is -1.48. The number of nitrogens with two attached hydrogens (primary N) is 1. The highest BCUT2D eigenvalue weighted by atomic mass is 16.7. The summed E-state index contributed by atoms with van der Waals surface area (Å²) in [4.78, 5) is 0. The van der Waals surface area contributed by atoms with Crippen LogP contribution >= 0.6 is 0 Å². The molecule has 0 saturated carbocycles. The number of hydrogen-bond donors (Lipinski definition) is 5. The minimum absolute atomic E-state index is 0.0381. The zero-order chi connectivity index (χ0) is 18.7. The third-order valence-electron chi connectivity index (χ3n) is 4.22. The van der Waals surface area contributed by atoms with Crippen LogP contribution in [0.2, 0.25) is 0 Å². The Bertz CT molecular complexity index is 707. The fourth-order valence-corrected chi connectivity index (χ4v) is 2.65. The van der Waals surface area contributed by atoms with E-state index in [-0.39, 0.29) is 6.61 Å². The summed E-state index contributed by atoms with van der Waals surface area (Å²) in [7, 11) is 0. The van der Waals surface area contributed by atoms with E-state index in [9.17, 15) is 15.3 Å². The van der Waals surface area contributed by atoms with Crippen molar-refractivity contribution in [2.24, 2.45) is 5.73 Å². The largest absolute Gasteiger partial charge is 0.394 e. The third-order valence-corrected chi connectivity index (χ3v) is 4.22. The van der Waals surface area contributed by atoms with Crippen molar-refractivity contribution in [3.8, 4) is 5.69 Å². The van der Waals surface area contributed by atoms with E-state index < -0.39 is 37.3 Å². The van der Waals surface area contributed by atoms with Gasteiger partial charge >= 0.3 is 0 Å². The van der Waals surface area contributed by atoms with E-state index in [1.54, 1.807) is 10.9 Å². The first-order valence-electron chi connectivity index (χ1n) is 8.16. The second kappa shape index (κ2) is 8.18. The lowest BCUT2D eigenvalue weighted by Crippen LogP contribution is -2.59. The van der Waals surface area contributed by atoms with Gasteiger partial charge in [-0.25, -0.2) is 4.68 Å². The SMILES string of the molecule is NCc1ccc(-n2cc(COC3O[C@H](CO)[C@@H](O)C(O)C3O)nn2)cc1. The van der Waals surface area contributed by atoms with Crippen LogP contribution in [0.4, 0.5) is 0 Å². The summed E-state index contributed by atoms with van der Waals surface area (Å²) in [6.07, 6.45) is -4.93. The fourth-order valence-electron chi connectivity index (χ4n) is 2.65. The maximum absolute atomic E-state index is 9.94. The molecule has 1 aromatic heterocycles. The number of aliphatic hydroxyl groups excluding tert-OH is 4. The Morgan fingerprint density at radius 2 is 1.85 bits per heavy atom. The minimum Gasteiger partial charge on any atom is -0.394 e. The molecule has 142 valence electrons. The lowest BCUT2D eigenvalue weighted by molar-refractivity contribution is -0.304. The lowest BCUT2D eigenvalue weighted by Gasteiger charge is -2.39. The van der Waals surface area contributed by atoms with Crippen LogP contribution in [0.25, 0.3) is 5.69 Å². The van der Waals surface area contributed by atoms with Crippen LogP contribution in [0, 0.1) is 0 Å². The molecule has 10 nitrogen and oxygen atoms in total. The van der Waals surface area contributed by atoms with Crippen LogP contribution in [0.5, 0.6) is 0 Å². The van der Waals surface area contributed by atoms with Crippen molar-refractivity contribution in [1.82, 2.24) is 15.0 Å². The summed E-state index contributed by atoms with van der Waals surface area (Å²) in [5, 5.41) is 46.6. The summed E-state index contributed by atoms with van der Waals surface area (Å²) in [5.41, 5.74) is 7.85. The second-order valence-electron chi connectivity index (χ2n) is 6.03. The van der Waals surface area contributed by atoms with E-state index in [1.165, 1.54) is 0 Å². The molecule has 6 N–H and O–H groups in total. The highest BCUT2D eigenvalue weighted by Crippen LogP contribution is 2.22. The fraction of sp³-hybridized carbons (Fsp3) is 0.500. The highest BCUT2D eigenvalue weighted by molar-refractivity contribution is 5.33. The summed E-state index contributed by atoms with van der Waals surface area (Å²) >= 11 is 0. The van der Waals surface area contributed by atoms with E-state index in [0.717, 1.165) is 11.3 Å². The molecule has 5 atom stereocenters. The molecule has 2 aromatic rings. The van der Waals surface area contributed by atoms with Crippen molar-refractivity contribution in [2.45, 2.75) is 43.9 Å². The first kappa shape index (κ1) is 18.9. The van der Waals surface area contributed by atoms with E-state index in [2.05, 4.69) is 10.3 Å². The molecule has 1 aromatic carbocycles. The Morgan fingerprint density at radius 3 is 2.50 bits per heavy atom. The molecule has 0 radical (unpaired) electrons. The molecule has 0 aliphatic carbocycles. The number of rotatable bonds is 6. The van der Waals surface area contributed by atoms with Gasteiger partial charge in [-0.05, 0) is 17.7 Å². The normalized spacial score (nSPS) is 29.0. The zero-order valence-electron chi connectivity index (χ0n) is 13.9. The van der Waals surface area contributed by atoms with Gasteiger partial charge in [0.2, 0.25) is 0 Å². The van der Waals surface area contributed by atoms with Crippen molar-refractivity contribution in [3.05, 3.63) is 41.7 Å². The molecule has 1 saturated heterocycles. The Morgan fingerprint density at radius 1 is 1.12 bits per heavy atom. The average Bonchev–Trinajstić information content (AvgIpc) is 3.15. The van der Waals surface area contributed by atoms with E-state index in [4.69, 9.17) is 20.3 Å². The second-order valence-corrected chi connectivity index (χ2v) is 6.03.